The van der Waals surface area contributed by atoms with E-state index in [2.05, 4.69) is 15.4 Å². The van der Waals surface area contributed by atoms with Crippen molar-refractivity contribution in [2.45, 2.75) is 20.0 Å². The molecule has 0 saturated heterocycles. The first-order valence-electron chi connectivity index (χ1n) is 6.21. The number of nitrogens with zero attached hydrogens (tertiary/aromatic N) is 2. The van der Waals surface area contributed by atoms with Gasteiger partial charge in [0.1, 0.15) is 11.5 Å². The van der Waals surface area contributed by atoms with E-state index in [0.717, 1.165) is 6.07 Å². The maximum Gasteiger partial charge on any atom is 0.419 e. The van der Waals surface area contributed by atoms with E-state index in [1.165, 1.54) is 6.92 Å². The molecule has 0 radical (unpaired) electrons. The molecule has 0 spiro atoms. The van der Waals surface area contributed by atoms with E-state index in [1.807, 2.05) is 0 Å². The number of H-pyrrole nitrogens is 1. The molecule has 1 aromatic carbocycles. The van der Waals surface area contributed by atoms with E-state index in [-0.39, 0.29) is 29.1 Å². The van der Waals surface area contributed by atoms with Crippen molar-refractivity contribution in [3.63, 3.8) is 0 Å². The molecule has 0 aliphatic carbocycles. The smallest absolute Gasteiger partial charge is 0.419 e. The molecule has 9 heteroatoms. The van der Waals surface area contributed by atoms with Gasteiger partial charge in [0.2, 0.25) is 0 Å². The van der Waals surface area contributed by atoms with Gasteiger partial charge < -0.3 is 4.74 Å². The van der Waals surface area contributed by atoms with Gasteiger partial charge in [0.25, 0.3) is 0 Å². The summed E-state index contributed by atoms with van der Waals surface area (Å²) in [5, 5.41) is 9.38. The molecule has 0 aliphatic rings. The first kappa shape index (κ1) is 15.9. The summed E-state index contributed by atoms with van der Waals surface area (Å²) in [5.41, 5.74) is -2.13. The van der Waals surface area contributed by atoms with Gasteiger partial charge >= 0.3 is 12.1 Å². The van der Waals surface area contributed by atoms with Crippen LogP contribution in [0.5, 0.6) is 0 Å². The quantitative estimate of drug-likeness (QED) is 0.697. The van der Waals surface area contributed by atoms with E-state index in [9.17, 15) is 22.4 Å². The maximum atomic E-state index is 13.6. The highest BCUT2D eigenvalue weighted by atomic mass is 19.4. The van der Waals surface area contributed by atoms with Crippen LogP contribution in [-0.4, -0.2) is 28.0 Å². The summed E-state index contributed by atoms with van der Waals surface area (Å²) < 4.78 is 57.0. The average molecular weight is 317 g/mol. The second-order valence-electron chi connectivity index (χ2n) is 4.39. The number of aromatic nitrogens is 3. The Balaban J connectivity index is 2.58. The minimum Gasteiger partial charge on any atom is -0.461 e. The lowest BCUT2D eigenvalue weighted by Gasteiger charge is -2.11. The third-order valence-electron chi connectivity index (χ3n) is 2.85. The summed E-state index contributed by atoms with van der Waals surface area (Å²) in [6, 6.07) is 1.74. The average Bonchev–Trinajstić information content (AvgIpc) is 2.90. The van der Waals surface area contributed by atoms with Crippen molar-refractivity contribution in [2.75, 3.05) is 6.61 Å². The topological polar surface area (TPSA) is 67.9 Å². The molecule has 1 N–H and O–H groups in total. The van der Waals surface area contributed by atoms with Crippen LogP contribution in [0.1, 0.15) is 28.5 Å². The monoisotopic (exact) mass is 317 g/mol. The van der Waals surface area contributed by atoms with Crippen LogP contribution in [-0.2, 0) is 10.9 Å². The Morgan fingerprint density at radius 3 is 2.59 bits per heavy atom. The molecule has 22 heavy (non-hydrogen) atoms. The van der Waals surface area contributed by atoms with Gasteiger partial charge in [0.05, 0.1) is 12.2 Å². The zero-order valence-corrected chi connectivity index (χ0v) is 11.6. The Labute approximate surface area is 122 Å². The van der Waals surface area contributed by atoms with E-state index in [4.69, 9.17) is 4.74 Å². The number of nitrogens with one attached hydrogen (secondary N) is 1. The highest BCUT2D eigenvalue weighted by Crippen LogP contribution is 2.35. The zero-order valence-electron chi connectivity index (χ0n) is 11.6. The Morgan fingerprint density at radius 1 is 1.32 bits per heavy atom. The number of alkyl halides is 3. The van der Waals surface area contributed by atoms with Gasteiger partial charge in [-0.2, -0.15) is 23.5 Å². The maximum absolute atomic E-state index is 13.6. The summed E-state index contributed by atoms with van der Waals surface area (Å²) in [6.45, 7) is 2.83. The number of hydrogen-bond acceptors (Lipinski definition) is 4. The summed E-state index contributed by atoms with van der Waals surface area (Å²) in [6.07, 6.45) is -4.86. The molecule has 0 bridgehead atoms. The van der Waals surface area contributed by atoms with E-state index < -0.39 is 23.5 Å². The number of esters is 1. The molecular weight excluding hydrogens is 306 g/mol. The van der Waals surface area contributed by atoms with E-state index >= 15 is 0 Å². The molecule has 5 nitrogen and oxygen atoms in total. The number of benzene rings is 1. The Bertz CT molecular complexity index is 710. The largest absolute Gasteiger partial charge is 0.461 e. The van der Waals surface area contributed by atoms with Crippen molar-refractivity contribution in [3.8, 4) is 11.3 Å². The predicted molar refractivity (Wildman–Crippen MR) is 67.5 cm³/mol. The Kier molecular flexibility index (Phi) is 4.16. The third-order valence-corrected chi connectivity index (χ3v) is 2.85. The minimum absolute atomic E-state index is 0.0708. The number of rotatable bonds is 3. The van der Waals surface area contributed by atoms with Crippen molar-refractivity contribution in [2.24, 2.45) is 0 Å². The number of carbonyl (C=O) groups is 1. The lowest BCUT2D eigenvalue weighted by atomic mass is 10.0. The molecule has 1 aromatic heterocycles. The molecular formula is C13H11F4N3O2. The van der Waals surface area contributed by atoms with Gasteiger partial charge in [-0.3, -0.25) is 0 Å². The molecule has 0 unspecified atom stereocenters. The van der Waals surface area contributed by atoms with Gasteiger partial charge in [-0.25, -0.2) is 9.18 Å². The van der Waals surface area contributed by atoms with Gasteiger partial charge in [-0.05, 0) is 31.5 Å². The number of ether oxygens (including phenoxy) is 1. The number of hydrogen-bond donors (Lipinski definition) is 1. The zero-order chi connectivity index (χ0) is 16.5. The van der Waals surface area contributed by atoms with Crippen molar-refractivity contribution in [1.82, 2.24) is 15.4 Å². The van der Waals surface area contributed by atoms with Crippen LogP contribution >= 0.6 is 0 Å². The normalized spacial score (nSPS) is 11.5. The van der Waals surface area contributed by atoms with Gasteiger partial charge in [-0.15, -0.1) is 5.10 Å². The van der Waals surface area contributed by atoms with Gasteiger partial charge in [-0.1, -0.05) is 0 Å². The highest BCUT2D eigenvalue weighted by Gasteiger charge is 2.35. The molecule has 2 aromatic rings. The molecule has 0 saturated carbocycles. The molecule has 2 rings (SSSR count). The molecule has 0 atom stereocenters. The second kappa shape index (κ2) is 5.74. The molecule has 1 heterocycles. The Hall–Kier alpha value is -2.45. The first-order valence-corrected chi connectivity index (χ1v) is 6.21. The van der Waals surface area contributed by atoms with Crippen LogP contribution in [0.2, 0.25) is 0 Å². The van der Waals surface area contributed by atoms with Crippen molar-refractivity contribution in [1.29, 1.82) is 0 Å². The lowest BCUT2D eigenvalue weighted by molar-refractivity contribution is -0.140. The number of aromatic amines is 1. The number of halogens is 4. The molecule has 0 amide bonds. The molecule has 0 aliphatic heterocycles. The molecule has 118 valence electrons. The van der Waals surface area contributed by atoms with E-state index in [1.54, 1.807) is 6.92 Å². The van der Waals surface area contributed by atoms with Crippen molar-refractivity contribution >= 4 is 5.97 Å². The summed E-state index contributed by atoms with van der Waals surface area (Å²) in [4.78, 5) is 11.7. The fourth-order valence-electron chi connectivity index (χ4n) is 1.89. The van der Waals surface area contributed by atoms with Crippen LogP contribution in [0.15, 0.2) is 12.1 Å². The standard InChI is InChI=1S/C13H11F4N3O2/c1-3-22-12(21)11-10(18-20-19-11)7-4-6(2)9(14)8(5-7)13(15,16)17/h4-5H,3H2,1-2H3,(H,18,19,20). The van der Waals surface area contributed by atoms with Crippen LogP contribution in [0.25, 0.3) is 11.3 Å². The number of aryl methyl sites for hydroxylation is 1. The summed E-state index contributed by atoms with van der Waals surface area (Å²) in [7, 11) is 0. The van der Waals surface area contributed by atoms with Crippen molar-refractivity contribution < 1.29 is 27.1 Å². The van der Waals surface area contributed by atoms with Crippen LogP contribution in [0.3, 0.4) is 0 Å². The Morgan fingerprint density at radius 2 is 2.00 bits per heavy atom. The van der Waals surface area contributed by atoms with Gasteiger partial charge in [0.15, 0.2) is 5.69 Å². The van der Waals surface area contributed by atoms with Crippen LogP contribution in [0, 0.1) is 12.7 Å². The molecule has 0 fully saturated rings. The van der Waals surface area contributed by atoms with Crippen molar-refractivity contribution in [3.05, 3.63) is 34.8 Å². The minimum atomic E-state index is -4.86. The van der Waals surface area contributed by atoms with E-state index in [0.29, 0.717) is 6.07 Å². The predicted octanol–water partition coefficient (Wildman–Crippen LogP) is 3.11. The lowest BCUT2D eigenvalue weighted by Crippen LogP contribution is -2.11. The van der Waals surface area contributed by atoms with Crippen LogP contribution in [0.4, 0.5) is 17.6 Å². The number of carbonyl (C=O) groups excluding carboxylic acids is 1. The SMILES string of the molecule is CCOC(=O)c1n[nH]nc1-c1cc(C)c(F)c(C(F)(F)F)c1. The highest BCUT2D eigenvalue weighted by molar-refractivity contribution is 5.94. The second-order valence-corrected chi connectivity index (χ2v) is 4.39. The third kappa shape index (κ3) is 2.92. The van der Waals surface area contributed by atoms with Crippen LogP contribution < -0.4 is 0 Å². The summed E-state index contributed by atoms with van der Waals surface area (Å²) >= 11 is 0. The van der Waals surface area contributed by atoms with Gasteiger partial charge in [0, 0.05) is 5.56 Å². The summed E-state index contributed by atoms with van der Waals surface area (Å²) in [5.74, 6) is -2.20. The fourth-order valence-corrected chi connectivity index (χ4v) is 1.89. The first-order chi connectivity index (χ1) is 10.3. The fraction of sp³-hybridized carbons (Fsp3) is 0.308.